The number of nitro groups is 1. The Kier molecular flexibility index (Phi) is 4.39. The van der Waals surface area contributed by atoms with E-state index in [1.54, 1.807) is 18.2 Å². The van der Waals surface area contributed by atoms with E-state index < -0.39 is 4.92 Å². The Morgan fingerprint density at radius 2 is 1.95 bits per heavy atom. The highest BCUT2D eigenvalue weighted by Gasteiger charge is 2.19. The SMILES string of the molecule is O=[N+]([O-])c1cccc(Cl)c1Oc1ccccc1CBr. The maximum Gasteiger partial charge on any atom is 0.313 e. The van der Waals surface area contributed by atoms with Crippen LogP contribution in [0.15, 0.2) is 42.5 Å². The van der Waals surface area contributed by atoms with Crippen molar-refractivity contribution in [3.05, 3.63) is 63.2 Å². The lowest BCUT2D eigenvalue weighted by Gasteiger charge is -2.10. The van der Waals surface area contributed by atoms with Crippen molar-refractivity contribution in [2.24, 2.45) is 0 Å². The van der Waals surface area contributed by atoms with Crippen molar-refractivity contribution >= 4 is 33.2 Å². The van der Waals surface area contributed by atoms with Gasteiger partial charge in [-0.1, -0.05) is 51.8 Å². The van der Waals surface area contributed by atoms with Crippen molar-refractivity contribution in [2.45, 2.75) is 5.33 Å². The third kappa shape index (κ3) is 3.05. The largest absolute Gasteiger partial charge is 0.448 e. The first kappa shape index (κ1) is 13.8. The highest BCUT2D eigenvalue weighted by atomic mass is 79.9. The van der Waals surface area contributed by atoms with Crippen molar-refractivity contribution in [1.82, 2.24) is 0 Å². The summed E-state index contributed by atoms with van der Waals surface area (Å²) in [7, 11) is 0. The van der Waals surface area contributed by atoms with Crippen LogP contribution in [0.3, 0.4) is 0 Å². The molecule has 0 bridgehead atoms. The zero-order valence-electron chi connectivity index (χ0n) is 9.68. The molecule has 0 heterocycles. The first-order chi connectivity index (χ1) is 9.13. The molecule has 0 aromatic heterocycles. The molecule has 2 aromatic carbocycles. The highest BCUT2D eigenvalue weighted by Crippen LogP contribution is 2.38. The Bertz CT molecular complexity index is 619. The third-order valence-electron chi connectivity index (χ3n) is 2.47. The molecule has 6 heteroatoms. The van der Waals surface area contributed by atoms with Crippen LogP contribution in [0.5, 0.6) is 11.5 Å². The fraction of sp³-hybridized carbons (Fsp3) is 0.0769. The number of alkyl halides is 1. The summed E-state index contributed by atoms with van der Waals surface area (Å²) in [6, 6.07) is 11.7. The average molecular weight is 343 g/mol. The van der Waals surface area contributed by atoms with Crippen LogP contribution in [0.2, 0.25) is 5.02 Å². The molecule has 2 aromatic rings. The van der Waals surface area contributed by atoms with Crippen molar-refractivity contribution in [1.29, 1.82) is 0 Å². The lowest BCUT2D eigenvalue weighted by molar-refractivity contribution is -0.385. The summed E-state index contributed by atoms with van der Waals surface area (Å²) in [5, 5.41) is 11.8. The summed E-state index contributed by atoms with van der Waals surface area (Å²) < 4.78 is 5.62. The predicted molar refractivity (Wildman–Crippen MR) is 77.3 cm³/mol. The molecule has 0 amide bonds. The number of ether oxygens (including phenoxy) is 1. The third-order valence-corrected chi connectivity index (χ3v) is 3.37. The van der Waals surface area contributed by atoms with Crippen LogP contribution in [-0.4, -0.2) is 4.92 Å². The quantitative estimate of drug-likeness (QED) is 0.449. The van der Waals surface area contributed by atoms with Gasteiger partial charge < -0.3 is 4.74 Å². The summed E-state index contributed by atoms with van der Waals surface area (Å²) in [6.07, 6.45) is 0. The van der Waals surface area contributed by atoms with Gasteiger partial charge in [0.2, 0.25) is 5.75 Å². The number of nitro benzene ring substituents is 1. The number of halogens is 2. The van der Waals surface area contributed by atoms with Crippen molar-refractivity contribution in [2.75, 3.05) is 0 Å². The number of para-hydroxylation sites is 2. The van der Waals surface area contributed by atoms with Gasteiger partial charge in [0.1, 0.15) is 5.75 Å². The first-order valence-corrected chi connectivity index (χ1v) is 6.88. The standard InChI is InChI=1S/C13H9BrClNO3/c14-8-9-4-1-2-7-12(9)19-13-10(15)5-3-6-11(13)16(17)18/h1-7H,8H2. The van der Waals surface area contributed by atoms with Gasteiger partial charge in [0.25, 0.3) is 0 Å². The van der Waals surface area contributed by atoms with Crippen LogP contribution in [-0.2, 0) is 5.33 Å². The van der Waals surface area contributed by atoms with Crippen LogP contribution >= 0.6 is 27.5 Å². The summed E-state index contributed by atoms with van der Waals surface area (Å²) in [6.45, 7) is 0. The summed E-state index contributed by atoms with van der Waals surface area (Å²) >= 11 is 9.32. The second-order valence-corrected chi connectivity index (χ2v) is 4.66. The second kappa shape index (κ2) is 6.04. The molecule has 0 unspecified atom stereocenters. The number of hydrogen-bond donors (Lipinski definition) is 0. The minimum absolute atomic E-state index is 0.0579. The molecule has 2 rings (SSSR count). The Morgan fingerprint density at radius 3 is 2.63 bits per heavy atom. The van der Waals surface area contributed by atoms with Gasteiger partial charge in [-0.3, -0.25) is 10.1 Å². The fourth-order valence-electron chi connectivity index (χ4n) is 1.57. The molecular formula is C13H9BrClNO3. The van der Waals surface area contributed by atoms with E-state index >= 15 is 0 Å². The topological polar surface area (TPSA) is 52.4 Å². The molecular weight excluding hydrogens is 334 g/mol. The normalized spacial score (nSPS) is 10.2. The van der Waals surface area contributed by atoms with Gasteiger partial charge in [-0.05, 0) is 12.1 Å². The smallest absolute Gasteiger partial charge is 0.313 e. The van der Waals surface area contributed by atoms with E-state index in [0.29, 0.717) is 11.1 Å². The van der Waals surface area contributed by atoms with Gasteiger partial charge in [0.15, 0.2) is 0 Å². The molecule has 0 N–H and O–H groups in total. The van der Waals surface area contributed by atoms with E-state index in [1.807, 2.05) is 12.1 Å². The average Bonchev–Trinajstić information content (AvgIpc) is 2.41. The molecule has 0 radical (unpaired) electrons. The maximum atomic E-state index is 11.0. The highest BCUT2D eigenvalue weighted by molar-refractivity contribution is 9.08. The van der Waals surface area contributed by atoms with Crippen molar-refractivity contribution in [3.8, 4) is 11.5 Å². The molecule has 0 saturated heterocycles. The van der Waals surface area contributed by atoms with Gasteiger partial charge in [-0.2, -0.15) is 0 Å². The lowest BCUT2D eigenvalue weighted by Crippen LogP contribution is -1.95. The van der Waals surface area contributed by atoms with E-state index in [-0.39, 0.29) is 16.5 Å². The molecule has 0 atom stereocenters. The summed E-state index contributed by atoms with van der Waals surface area (Å²) in [5.74, 6) is 0.596. The van der Waals surface area contributed by atoms with Gasteiger partial charge in [0.05, 0.1) is 9.95 Å². The molecule has 4 nitrogen and oxygen atoms in total. The minimum Gasteiger partial charge on any atom is -0.448 e. The Labute approximate surface area is 123 Å². The molecule has 0 aliphatic heterocycles. The van der Waals surface area contributed by atoms with E-state index in [9.17, 15) is 10.1 Å². The summed E-state index contributed by atoms with van der Waals surface area (Å²) in [5.41, 5.74) is 0.730. The number of benzene rings is 2. The lowest BCUT2D eigenvalue weighted by atomic mass is 10.2. The summed E-state index contributed by atoms with van der Waals surface area (Å²) in [4.78, 5) is 10.5. The van der Waals surface area contributed by atoms with E-state index in [4.69, 9.17) is 16.3 Å². The number of nitrogens with zero attached hydrogens (tertiary/aromatic N) is 1. The van der Waals surface area contributed by atoms with Crippen LogP contribution < -0.4 is 4.74 Å². The van der Waals surface area contributed by atoms with Gasteiger partial charge in [0, 0.05) is 17.0 Å². The molecule has 0 spiro atoms. The molecule has 0 aliphatic rings. The Balaban J connectivity index is 2.46. The number of hydrogen-bond acceptors (Lipinski definition) is 3. The molecule has 0 aliphatic carbocycles. The van der Waals surface area contributed by atoms with Crippen LogP contribution in [0.25, 0.3) is 0 Å². The van der Waals surface area contributed by atoms with Crippen LogP contribution in [0.4, 0.5) is 5.69 Å². The van der Waals surface area contributed by atoms with Gasteiger partial charge >= 0.3 is 5.69 Å². The van der Waals surface area contributed by atoms with Crippen LogP contribution in [0, 0.1) is 10.1 Å². The van der Waals surface area contributed by atoms with Crippen molar-refractivity contribution < 1.29 is 9.66 Å². The molecule has 19 heavy (non-hydrogen) atoms. The molecule has 0 saturated carbocycles. The van der Waals surface area contributed by atoms with E-state index in [2.05, 4.69) is 15.9 Å². The number of rotatable bonds is 4. The van der Waals surface area contributed by atoms with Gasteiger partial charge in [-0.25, -0.2) is 0 Å². The van der Waals surface area contributed by atoms with Crippen molar-refractivity contribution in [3.63, 3.8) is 0 Å². The fourth-order valence-corrected chi connectivity index (χ4v) is 2.24. The van der Waals surface area contributed by atoms with Gasteiger partial charge in [-0.15, -0.1) is 0 Å². The zero-order chi connectivity index (χ0) is 13.8. The zero-order valence-corrected chi connectivity index (χ0v) is 12.0. The van der Waals surface area contributed by atoms with E-state index in [0.717, 1.165) is 5.56 Å². The minimum atomic E-state index is -0.516. The first-order valence-electron chi connectivity index (χ1n) is 5.38. The molecule has 98 valence electrons. The van der Waals surface area contributed by atoms with Crippen LogP contribution in [0.1, 0.15) is 5.56 Å². The predicted octanol–water partition coefficient (Wildman–Crippen LogP) is 4.94. The maximum absolute atomic E-state index is 11.0. The molecule has 0 fully saturated rings. The van der Waals surface area contributed by atoms with E-state index in [1.165, 1.54) is 12.1 Å². The second-order valence-electron chi connectivity index (χ2n) is 3.69. The Morgan fingerprint density at radius 1 is 1.21 bits per heavy atom. The monoisotopic (exact) mass is 341 g/mol. The Hall–Kier alpha value is -1.59.